The third-order valence-corrected chi connectivity index (χ3v) is 11.1. The van der Waals surface area contributed by atoms with Crippen molar-refractivity contribution in [2.24, 2.45) is 0 Å². The van der Waals surface area contributed by atoms with Crippen molar-refractivity contribution < 1.29 is 25.8 Å². The van der Waals surface area contributed by atoms with Crippen LogP contribution in [0, 0.1) is 46.8 Å². The Bertz CT molecular complexity index is 2790. The number of aromatic nitrogens is 2. The van der Waals surface area contributed by atoms with E-state index in [2.05, 4.69) is 158 Å². The van der Waals surface area contributed by atoms with Gasteiger partial charge in [0.2, 0.25) is 12.6 Å². The van der Waals surface area contributed by atoms with E-state index in [9.17, 15) is 0 Å². The summed E-state index contributed by atoms with van der Waals surface area (Å²) in [5.41, 5.74) is 17.8. The molecule has 7 heteroatoms. The number of hydrogen-bond acceptors (Lipinski definition) is 5. The molecule has 0 spiro atoms. The molecule has 56 heavy (non-hydrogen) atoms. The first kappa shape index (κ1) is 35.7. The number of fused-ring (bicyclic) bond motifs is 5. The van der Waals surface area contributed by atoms with Crippen molar-refractivity contribution in [3.63, 3.8) is 0 Å². The molecule has 2 aromatic heterocycles. The predicted molar refractivity (Wildman–Crippen MR) is 227 cm³/mol. The van der Waals surface area contributed by atoms with Crippen LogP contribution in [0.1, 0.15) is 27.8 Å². The number of benzene rings is 6. The first-order chi connectivity index (χ1) is 26.9. The Hall–Kier alpha value is -5.97. The molecule has 10 rings (SSSR count). The van der Waals surface area contributed by atoms with Crippen molar-refractivity contribution in [3.05, 3.63) is 174 Å². The largest absolute Gasteiger partial charge is 2.00 e. The summed E-state index contributed by atoms with van der Waals surface area (Å²) < 4.78 is 6.48. The van der Waals surface area contributed by atoms with Gasteiger partial charge in [-0.15, -0.1) is 47.4 Å². The summed E-state index contributed by atoms with van der Waals surface area (Å²) in [6.45, 7) is 10.6. The number of rotatable bonds is 5. The topological polar surface area (TPSA) is 41.5 Å². The number of anilines is 6. The van der Waals surface area contributed by atoms with Crippen LogP contribution in [0.3, 0.4) is 0 Å². The maximum absolute atomic E-state index is 6.48. The molecule has 0 saturated heterocycles. The van der Waals surface area contributed by atoms with Crippen LogP contribution in [0.4, 0.5) is 34.1 Å². The second-order valence-corrected chi connectivity index (χ2v) is 14.7. The van der Waals surface area contributed by atoms with Gasteiger partial charge in [-0.1, -0.05) is 72.4 Å². The van der Waals surface area contributed by atoms with Gasteiger partial charge in [0, 0.05) is 47.0 Å². The van der Waals surface area contributed by atoms with E-state index in [1.165, 1.54) is 39.1 Å². The molecule has 6 aromatic carbocycles. The van der Waals surface area contributed by atoms with E-state index in [1.807, 2.05) is 31.3 Å². The third-order valence-electron chi connectivity index (χ3n) is 11.1. The van der Waals surface area contributed by atoms with Gasteiger partial charge < -0.3 is 19.5 Å². The molecule has 5 nitrogen and oxygen atoms in total. The maximum Gasteiger partial charge on any atom is 2.00 e. The number of ether oxygens (including phenoxy) is 1. The van der Waals surface area contributed by atoms with Crippen molar-refractivity contribution >= 4 is 68.0 Å². The van der Waals surface area contributed by atoms with E-state index in [-0.39, 0.29) is 27.8 Å². The van der Waals surface area contributed by atoms with Gasteiger partial charge in [-0.2, -0.15) is 5.46 Å². The van der Waals surface area contributed by atoms with E-state index in [0.717, 1.165) is 61.3 Å². The molecular formula is C49H37BN4OPt. The standard InChI is InChI=1S/C49H37BN4O.Pt/c1-30-23-25-51-45(27-30)55-37-20-22-42-40(29-37)50-39-28-36(47-38-16-7-6-15-35(38)24-26-52-47)19-21-41(39)53(48-31(2)11-8-12-32(48)3)43-17-10-18-44(46(43)50)54(42)49-33(4)13-9-14-34(49)5;/h6-27H,1-5H3;/q-2;+2. The normalized spacial score (nSPS) is 12.5. The van der Waals surface area contributed by atoms with Gasteiger partial charge in [-0.3, -0.25) is 0 Å². The molecule has 0 bridgehead atoms. The SMILES string of the molecule is Cc1ccnc(Oc2[c-]c3c(cc2)N(c2c(C)cccc2C)c2cccc4c2B3c2[c-]c(-c3nccc5ccccc35)ccc2N4c2c(C)cccc2C)c1.[Pt+2]. The molecule has 0 radical (unpaired) electrons. The first-order valence-corrected chi connectivity index (χ1v) is 18.8. The minimum absolute atomic E-state index is 0. The van der Waals surface area contributed by atoms with Crippen LogP contribution >= 0.6 is 0 Å². The number of para-hydroxylation sites is 2. The Morgan fingerprint density at radius 1 is 0.554 bits per heavy atom. The van der Waals surface area contributed by atoms with Crippen LogP contribution in [-0.2, 0) is 21.1 Å². The van der Waals surface area contributed by atoms with Crippen molar-refractivity contribution in [3.8, 4) is 22.9 Å². The van der Waals surface area contributed by atoms with Crippen LogP contribution in [0.15, 0.2) is 134 Å². The molecule has 272 valence electrons. The molecular weight excluding hydrogens is 866 g/mol. The van der Waals surface area contributed by atoms with Gasteiger partial charge >= 0.3 is 21.1 Å². The van der Waals surface area contributed by atoms with Gasteiger partial charge in [-0.25, -0.2) is 4.98 Å². The second-order valence-electron chi connectivity index (χ2n) is 14.7. The minimum atomic E-state index is -0.207. The van der Waals surface area contributed by atoms with Gasteiger partial charge in [0.05, 0.1) is 0 Å². The van der Waals surface area contributed by atoms with Crippen molar-refractivity contribution in [1.82, 2.24) is 9.97 Å². The molecule has 0 aliphatic carbocycles. The Kier molecular flexibility index (Phi) is 8.90. The molecule has 0 amide bonds. The molecule has 4 heterocycles. The van der Waals surface area contributed by atoms with Crippen LogP contribution in [0.2, 0.25) is 0 Å². The summed E-state index contributed by atoms with van der Waals surface area (Å²) in [6.07, 6.45) is 3.68. The summed E-state index contributed by atoms with van der Waals surface area (Å²) in [5.74, 6) is 1.16. The summed E-state index contributed by atoms with van der Waals surface area (Å²) in [7, 11) is 0. The number of nitrogens with zero attached hydrogens (tertiary/aromatic N) is 4. The monoisotopic (exact) mass is 903 g/mol. The third kappa shape index (κ3) is 5.66. The molecule has 8 aromatic rings. The summed E-state index contributed by atoms with van der Waals surface area (Å²) in [5, 5.41) is 2.25. The molecule has 2 aliphatic heterocycles. The Labute approximate surface area is 343 Å². The average molecular weight is 904 g/mol. The van der Waals surface area contributed by atoms with Crippen molar-refractivity contribution in [2.75, 3.05) is 9.80 Å². The second kappa shape index (κ2) is 14.0. The molecule has 0 fully saturated rings. The van der Waals surface area contributed by atoms with Crippen LogP contribution in [-0.4, -0.2) is 16.7 Å². The quantitative estimate of drug-likeness (QED) is 0.127. The van der Waals surface area contributed by atoms with E-state index in [0.29, 0.717) is 11.6 Å². The van der Waals surface area contributed by atoms with Crippen LogP contribution in [0.5, 0.6) is 11.6 Å². The fourth-order valence-electron chi connectivity index (χ4n) is 8.74. The summed E-state index contributed by atoms with van der Waals surface area (Å²) in [6, 6.07) is 50.8. The number of hydrogen-bond donors (Lipinski definition) is 0. The Morgan fingerprint density at radius 3 is 1.80 bits per heavy atom. The molecule has 0 saturated carbocycles. The van der Waals surface area contributed by atoms with Crippen molar-refractivity contribution in [2.45, 2.75) is 34.6 Å². The van der Waals surface area contributed by atoms with Gasteiger partial charge in [0.15, 0.2) is 0 Å². The van der Waals surface area contributed by atoms with E-state index >= 15 is 0 Å². The fraction of sp³-hybridized carbons (Fsp3) is 0.102. The smallest absolute Gasteiger partial charge is 0.466 e. The van der Waals surface area contributed by atoms with Gasteiger partial charge in [0.1, 0.15) is 0 Å². The Balaban J connectivity index is 0.00000410. The number of aryl methyl sites for hydroxylation is 5. The minimum Gasteiger partial charge on any atom is -0.466 e. The molecule has 0 unspecified atom stereocenters. The molecule has 0 N–H and O–H groups in total. The molecule has 0 atom stereocenters. The zero-order valence-electron chi connectivity index (χ0n) is 31.8. The first-order valence-electron chi connectivity index (χ1n) is 18.8. The van der Waals surface area contributed by atoms with Crippen molar-refractivity contribution in [1.29, 1.82) is 0 Å². The average Bonchev–Trinajstić information content (AvgIpc) is 3.19. The van der Waals surface area contributed by atoms with Gasteiger partial charge in [0.25, 0.3) is 0 Å². The van der Waals surface area contributed by atoms with Gasteiger partial charge in [-0.05, 0) is 114 Å². The van der Waals surface area contributed by atoms with E-state index in [1.54, 1.807) is 6.20 Å². The Morgan fingerprint density at radius 2 is 1.14 bits per heavy atom. The van der Waals surface area contributed by atoms with Crippen LogP contribution in [0.25, 0.3) is 22.0 Å². The molecule has 2 aliphatic rings. The number of pyridine rings is 2. The predicted octanol–water partition coefficient (Wildman–Crippen LogP) is 10.3. The summed E-state index contributed by atoms with van der Waals surface area (Å²) >= 11 is 0. The zero-order chi connectivity index (χ0) is 37.4. The zero-order valence-corrected chi connectivity index (χ0v) is 34.1. The van der Waals surface area contributed by atoms with Crippen LogP contribution < -0.4 is 30.9 Å². The van der Waals surface area contributed by atoms with E-state index in [4.69, 9.17) is 9.72 Å². The summed E-state index contributed by atoms with van der Waals surface area (Å²) in [4.78, 5) is 14.4. The maximum atomic E-state index is 6.48. The van der Waals surface area contributed by atoms with E-state index < -0.39 is 0 Å². The fourth-order valence-corrected chi connectivity index (χ4v) is 8.74.